The number of fused-ring (bicyclic) bond motifs is 1. The van der Waals surface area contributed by atoms with Crippen molar-refractivity contribution in [1.82, 2.24) is 19.7 Å². The summed E-state index contributed by atoms with van der Waals surface area (Å²) >= 11 is 0. The van der Waals surface area contributed by atoms with Crippen molar-refractivity contribution in [2.24, 2.45) is 0 Å². The van der Waals surface area contributed by atoms with Crippen LogP contribution in [-0.4, -0.2) is 51.8 Å². The number of carbonyl (C=O) groups is 1. The van der Waals surface area contributed by atoms with E-state index in [2.05, 4.69) is 39.0 Å². The van der Waals surface area contributed by atoms with E-state index in [-0.39, 0.29) is 5.78 Å². The summed E-state index contributed by atoms with van der Waals surface area (Å²) in [6.45, 7) is 7.43. The Labute approximate surface area is 197 Å². The van der Waals surface area contributed by atoms with Crippen LogP contribution in [0.2, 0.25) is 0 Å². The molecule has 0 spiro atoms. The summed E-state index contributed by atoms with van der Waals surface area (Å²) in [4.78, 5) is 23.2. The van der Waals surface area contributed by atoms with Gasteiger partial charge < -0.3 is 15.0 Å². The molecule has 2 aromatic carbocycles. The van der Waals surface area contributed by atoms with Gasteiger partial charge in [0.25, 0.3) is 0 Å². The summed E-state index contributed by atoms with van der Waals surface area (Å²) in [5.41, 5.74) is 4.85. The van der Waals surface area contributed by atoms with Crippen molar-refractivity contribution in [3.63, 3.8) is 0 Å². The zero-order chi connectivity index (χ0) is 23.3. The Kier molecular flexibility index (Phi) is 6.31. The molecule has 0 amide bonds. The minimum absolute atomic E-state index is 0.00289. The molecule has 0 unspecified atom stereocenters. The van der Waals surface area contributed by atoms with E-state index in [1.165, 1.54) is 11.8 Å². The Hall–Kier alpha value is -4.04. The standard InChI is InChI=1S/C26H26N6O2/c1-2-24(33)15-19-4-3-5-20(14-19)18-32-25-21(17-28-32)16-27-26(30-25)29-22-6-8-23(9-7-22)31-10-12-34-13-11-31/h2-9,14,16-17H,1,10-13,15,18H2,(H,27,29,30). The lowest BCUT2D eigenvalue weighted by atomic mass is 10.1. The molecule has 1 aliphatic heterocycles. The van der Waals surface area contributed by atoms with Gasteiger partial charge in [-0.1, -0.05) is 30.8 Å². The number of anilines is 3. The number of hydrogen-bond donors (Lipinski definition) is 1. The van der Waals surface area contributed by atoms with E-state index in [1.807, 2.05) is 41.1 Å². The van der Waals surface area contributed by atoms with Crippen LogP contribution >= 0.6 is 0 Å². The maximum absolute atomic E-state index is 11.7. The molecule has 8 nitrogen and oxygen atoms in total. The third-order valence-corrected chi connectivity index (χ3v) is 5.81. The molecular formula is C26H26N6O2. The zero-order valence-electron chi connectivity index (χ0n) is 18.9. The van der Waals surface area contributed by atoms with Gasteiger partial charge in [-0.15, -0.1) is 0 Å². The van der Waals surface area contributed by atoms with Crippen LogP contribution in [0.1, 0.15) is 11.1 Å². The largest absolute Gasteiger partial charge is 0.378 e. The summed E-state index contributed by atoms with van der Waals surface area (Å²) in [6, 6.07) is 16.2. The second-order valence-electron chi connectivity index (χ2n) is 8.21. The molecule has 1 saturated heterocycles. The summed E-state index contributed by atoms with van der Waals surface area (Å²) in [5.74, 6) is 0.516. The molecule has 1 N–H and O–H groups in total. The molecule has 4 aromatic rings. The van der Waals surface area contributed by atoms with E-state index >= 15 is 0 Å². The highest BCUT2D eigenvalue weighted by Crippen LogP contribution is 2.22. The number of benzene rings is 2. The van der Waals surface area contributed by atoms with Gasteiger partial charge in [-0.25, -0.2) is 9.67 Å². The predicted octanol–water partition coefficient (Wildman–Crippen LogP) is 3.75. The molecular weight excluding hydrogens is 428 g/mol. The van der Waals surface area contributed by atoms with Crippen LogP contribution < -0.4 is 10.2 Å². The van der Waals surface area contributed by atoms with Crippen molar-refractivity contribution in [2.75, 3.05) is 36.5 Å². The summed E-state index contributed by atoms with van der Waals surface area (Å²) in [7, 11) is 0. The molecule has 0 radical (unpaired) electrons. The van der Waals surface area contributed by atoms with Crippen molar-refractivity contribution < 1.29 is 9.53 Å². The average molecular weight is 455 g/mol. The van der Waals surface area contributed by atoms with Gasteiger partial charge in [-0.2, -0.15) is 10.1 Å². The first-order valence-electron chi connectivity index (χ1n) is 11.3. The van der Waals surface area contributed by atoms with Gasteiger partial charge in [0.15, 0.2) is 11.4 Å². The smallest absolute Gasteiger partial charge is 0.229 e. The number of ketones is 1. The van der Waals surface area contributed by atoms with Gasteiger partial charge >= 0.3 is 0 Å². The number of allylic oxidation sites excluding steroid dienone is 1. The minimum Gasteiger partial charge on any atom is -0.378 e. The second-order valence-corrected chi connectivity index (χ2v) is 8.21. The van der Waals surface area contributed by atoms with E-state index in [4.69, 9.17) is 9.72 Å². The fourth-order valence-corrected chi connectivity index (χ4v) is 4.03. The Bertz CT molecular complexity index is 1310. The van der Waals surface area contributed by atoms with Crippen LogP contribution in [0.25, 0.3) is 11.0 Å². The lowest BCUT2D eigenvalue weighted by Crippen LogP contribution is -2.36. The van der Waals surface area contributed by atoms with Gasteiger partial charge in [0.2, 0.25) is 5.95 Å². The van der Waals surface area contributed by atoms with Crippen LogP contribution in [-0.2, 0) is 22.5 Å². The summed E-state index contributed by atoms with van der Waals surface area (Å²) in [6.07, 6.45) is 5.24. The lowest BCUT2D eigenvalue weighted by molar-refractivity contribution is -0.114. The summed E-state index contributed by atoms with van der Waals surface area (Å²) in [5, 5.41) is 8.65. The third kappa shape index (κ3) is 4.97. The Morgan fingerprint density at radius 3 is 2.68 bits per heavy atom. The fourth-order valence-electron chi connectivity index (χ4n) is 4.03. The maximum Gasteiger partial charge on any atom is 0.229 e. The number of hydrogen-bond acceptors (Lipinski definition) is 7. The van der Waals surface area contributed by atoms with Gasteiger partial charge in [-0.3, -0.25) is 4.79 Å². The number of nitrogens with one attached hydrogen (secondary N) is 1. The first kappa shape index (κ1) is 21.8. The van der Waals surface area contributed by atoms with E-state index in [0.29, 0.717) is 18.9 Å². The van der Waals surface area contributed by atoms with Gasteiger partial charge in [0.05, 0.1) is 31.3 Å². The van der Waals surface area contributed by atoms with Crippen LogP contribution in [0.15, 0.2) is 73.6 Å². The molecule has 0 aliphatic carbocycles. The van der Waals surface area contributed by atoms with E-state index in [9.17, 15) is 4.79 Å². The molecule has 0 saturated carbocycles. The quantitative estimate of drug-likeness (QED) is 0.406. The molecule has 172 valence electrons. The molecule has 2 aromatic heterocycles. The van der Waals surface area contributed by atoms with Crippen LogP contribution in [0, 0.1) is 0 Å². The zero-order valence-corrected chi connectivity index (χ0v) is 18.9. The first-order valence-corrected chi connectivity index (χ1v) is 11.3. The Morgan fingerprint density at radius 1 is 1.09 bits per heavy atom. The SMILES string of the molecule is C=CC(=O)Cc1cccc(Cn2ncc3cnc(Nc4ccc(N5CCOCC5)cc4)nc32)c1. The number of ether oxygens (including phenoxy) is 1. The average Bonchev–Trinajstić information content (AvgIpc) is 3.27. The maximum atomic E-state index is 11.7. The highest BCUT2D eigenvalue weighted by Gasteiger charge is 2.12. The topological polar surface area (TPSA) is 85.2 Å². The number of carbonyl (C=O) groups excluding carboxylic acids is 1. The normalized spacial score (nSPS) is 13.7. The van der Waals surface area contributed by atoms with Crippen molar-refractivity contribution in [3.8, 4) is 0 Å². The van der Waals surface area contributed by atoms with Gasteiger partial charge in [0, 0.05) is 37.1 Å². The number of morpholine rings is 1. The second kappa shape index (κ2) is 9.84. The summed E-state index contributed by atoms with van der Waals surface area (Å²) < 4.78 is 7.28. The van der Waals surface area contributed by atoms with E-state index < -0.39 is 0 Å². The van der Waals surface area contributed by atoms with E-state index in [0.717, 1.165) is 54.2 Å². The molecule has 3 heterocycles. The van der Waals surface area contributed by atoms with E-state index in [1.54, 1.807) is 12.4 Å². The molecule has 8 heteroatoms. The van der Waals surface area contributed by atoms with Crippen molar-refractivity contribution in [3.05, 3.63) is 84.7 Å². The first-order chi connectivity index (χ1) is 16.7. The number of rotatable bonds is 8. The fraction of sp³-hybridized carbons (Fsp3) is 0.231. The van der Waals surface area contributed by atoms with Gasteiger partial charge in [-0.05, 0) is 41.5 Å². The predicted molar refractivity (Wildman–Crippen MR) is 133 cm³/mol. The molecule has 0 atom stereocenters. The van der Waals surface area contributed by atoms with Crippen LogP contribution in [0.3, 0.4) is 0 Å². The Morgan fingerprint density at radius 2 is 1.88 bits per heavy atom. The minimum atomic E-state index is 0.00289. The molecule has 5 rings (SSSR count). The number of nitrogens with zero attached hydrogens (tertiary/aromatic N) is 5. The van der Waals surface area contributed by atoms with Crippen molar-refractivity contribution in [2.45, 2.75) is 13.0 Å². The van der Waals surface area contributed by atoms with Crippen LogP contribution in [0.4, 0.5) is 17.3 Å². The van der Waals surface area contributed by atoms with Crippen LogP contribution in [0.5, 0.6) is 0 Å². The van der Waals surface area contributed by atoms with Crippen molar-refractivity contribution in [1.29, 1.82) is 0 Å². The highest BCUT2D eigenvalue weighted by molar-refractivity contribution is 5.90. The third-order valence-electron chi connectivity index (χ3n) is 5.81. The monoisotopic (exact) mass is 454 g/mol. The molecule has 34 heavy (non-hydrogen) atoms. The Balaban J connectivity index is 1.32. The molecule has 0 bridgehead atoms. The highest BCUT2D eigenvalue weighted by atomic mass is 16.5. The van der Waals surface area contributed by atoms with Crippen molar-refractivity contribution >= 4 is 34.1 Å². The van der Waals surface area contributed by atoms with Gasteiger partial charge in [0.1, 0.15) is 0 Å². The lowest BCUT2D eigenvalue weighted by Gasteiger charge is -2.28. The molecule has 1 fully saturated rings. The number of aromatic nitrogens is 4. The molecule has 1 aliphatic rings.